The molecule has 1 amide bonds. The standard InChI is InChI=1S/C29H22N4O4/c1-33-24-9-4-3-8-22(24)31-29(33)32-28(35)20-7-5-6-17-14-18(10-11-19(17)20)37-26-12-13-30-23-16-25(34)27(36-2)15-21(23)26/h3-16,34H,1-2H3,(H,31,32,35)/p+1. The number of anilines is 1. The van der Waals surface area contributed by atoms with Crippen molar-refractivity contribution in [2.75, 3.05) is 12.4 Å². The Balaban J connectivity index is 1.32. The van der Waals surface area contributed by atoms with Gasteiger partial charge >= 0.3 is 0 Å². The minimum atomic E-state index is -0.240. The number of methoxy groups -OCH3 is 1. The van der Waals surface area contributed by atoms with Crippen LogP contribution in [0.2, 0.25) is 0 Å². The molecule has 0 saturated carbocycles. The van der Waals surface area contributed by atoms with Crippen LogP contribution >= 0.6 is 0 Å². The Kier molecular flexibility index (Phi) is 5.34. The lowest BCUT2D eigenvalue weighted by molar-refractivity contribution is 0.102. The summed E-state index contributed by atoms with van der Waals surface area (Å²) in [6, 6.07) is 24.1. The summed E-state index contributed by atoms with van der Waals surface area (Å²) < 4.78 is 13.4. The SMILES string of the molecule is COc1cc2c(Oc3ccc4c(C(=O)Nc5nc6ccccc6n5C)cccc4c3)ccnc2cc1[OH2+]. The summed E-state index contributed by atoms with van der Waals surface area (Å²) in [6.07, 6.45) is 1.65. The summed E-state index contributed by atoms with van der Waals surface area (Å²) in [4.78, 5) is 22.1. The summed E-state index contributed by atoms with van der Waals surface area (Å²) >= 11 is 0. The molecule has 2 aromatic heterocycles. The van der Waals surface area contributed by atoms with Crippen molar-refractivity contribution in [1.82, 2.24) is 14.5 Å². The molecule has 0 aliphatic heterocycles. The Hall–Kier alpha value is -5.11. The number of fused-ring (bicyclic) bond motifs is 3. The number of hydrogen-bond acceptors (Lipinski definition) is 5. The van der Waals surface area contributed by atoms with Gasteiger partial charge in [-0.05, 0) is 53.2 Å². The molecule has 0 aliphatic rings. The van der Waals surface area contributed by atoms with Gasteiger partial charge in [-0.3, -0.25) is 15.1 Å². The Morgan fingerprint density at radius 2 is 1.78 bits per heavy atom. The summed E-state index contributed by atoms with van der Waals surface area (Å²) in [6.45, 7) is 0. The molecule has 6 rings (SSSR count). The van der Waals surface area contributed by atoms with Gasteiger partial charge in [0.2, 0.25) is 11.7 Å². The van der Waals surface area contributed by atoms with Gasteiger partial charge in [0.15, 0.2) is 0 Å². The molecular formula is C29H23N4O4+. The summed E-state index contributed by atoms with van der Waals surface area (Å²) in [5, 5.41) is 13.4. The minimum absolute atomic E-state index is 0.240. The number of pyridine rings is 1. The fourth-order valence-electron chi connectivity index (χ4n) is 4.48. The van der Waals surface area contributed by atoms with Crippen molar-refractivity contribution < 1.29 is 19.4 Å². The van der Waals surface area contributed by atoms with Gasteiger partial charge in [0.05, 0.1) is 29.7 Å². The fourth-order valence-corrected chi connectivity index (χ4v) is 4.48. The lowest BCUT2D eigenvalue weighted by atomic mass is 10.0. The summed E-state index contributed by atoms with van der Waals surface area (Å²) in [7, 11) is 3.41. The van der Waals surface area contributed by atoms with Crippen LogP contribution in [0.25, 0.3) is 32.7 Å². The minimum Gasteiger partial charge on any atom is -0.591 e. The van der Waals surface area contributed by atoms with Gasteiger partial charge in [0, 0.05) is 30.3 Å². The number of nitrogens with zero attached hydrogens (tertiary/aromatic N) is 3. The predicted molar refractivity (Wildman–Crippen MR) is 144 cm³/mol. The van der Waals surface area contributed by atoms with Crippen molar-refractivity contribution in [3.63, 3.8) is 0 Å². The lowest BCUT2D eigenvalue weighted by Gasteiger charge is -2.12. The van der Waals surface area contributed by atoms with Crippen LogP contribution in [-0.2, 0) is 7.05 Å². The fraction of sp³-hybridized carbons (Fsp3) is 0.0690. The number of amides is 1. The van der Waals surface area contributed by atoms with Gasteiger partial charge < -0.3 is 19.1 Å². The molecule has 0 radical (unpaired) electrons. The Bertz CT molecular complexity index is 1830. The monoisotopic (exact) mass is 491 g/mol. The second-order valence-corrected chi connectivity index (χ2v) is 8.61. The second-order valence-electron chi connectivity index (χ2n) is 8.61. The molecule has 182 valence electrons. The number of imidazole rings is 1. The van der Waals surface area contributed by atoms with Crippen LogP contribution in [0.5, 0.6) is 23.0 Å². The zero-order valence-corrected chi connectivity index (χ0v) is 20.1. The van der Waals surface area contributed by atoms with Gasteiger partial charge in [0.1, 0.15) is 11.5 Å². The van der Waals surface area contributed by atoms with Crippen LogP contribution in [0.1, 0.15) is 10.4 Å². The van der Waals surface area contributed by atoms with Crippen molar-refractivity contribution >= 4 is 44.6 Å². The molecule has 2 heterocycles. The van der Waals surface area contributed by atoms with Crippen molar-refractivity contribution in [2.24, 2.45) is 7.05 Å². The van der Waals surface area contributed by atoms with Gasteiger partial charge in [0.25, 0.3) is 11.7 Å². The van der Waals surface area contributed by atoms with Crippen LogP contribution in [0.4, 0.5) is 5.95 Å². The van der Waals surface area contributed by atoms with Crippen molar-refractivity contribution in [2.45, 2.75) is 0 Å². The average Bonchev–Trinajstić information content (AvgIpc) is 3.22. The zero-order valence-electron chi connectivity index (χ0n) is 20.1. The van der Waals surface area contributed by atoms with E-state index in [0.29, 0.717) is 34.3 Å². The van der Waals surface area contributed by atoms with Crippen LogP contribution in [-0.4, -0.2) is 32.7 Å². The third-order valence-corrected chi connectivity index (χ3v) is 6.36. The normalized spacial score (nSPS) is 11.2. The van der Waals surface area contributed by atoms with E-state index >= 15 is 0 Å². The third-order valence-electron chi connectivity index (χ3n) is 6.36. The van der Waals surface area contributed by atoms with Crippen LogP contribution < -0.4 is 14.8 Å². The van der Waals surface area contributed by atoms with E-state index in [1.807, 2.05) is 66.2 Å². The van der Waals surface area contributed by atoms with Gasteiger partial charge in [-0.2, -0.15) is 0 Å². The molecule has 8 heteroatoms. The van der Waals surface area contributed by atoms with Crippen LogP contribution in [0.3, 0.4) is 0 Å². The first-order valence-electron chi connectivity index (χ1n) is 11.6. The van der Waals surface area contributed by atoms with Crippen molar-refractivity contribution in [1.29, 1.82) is 0 Å². The predicted octanol–water partition coefficient (Wildman–Crippen LogP) is 5.77. The van der Waals surface area contributed by atoms with Gasteiger partial charge in [-0.25, -0.2) is 4.98 Å². The maximum atomic E-state index is 13.2. The number of hydrogen-bond donors (Lipinski definition) is 1. The van der Waals surface area contributed by atoms with E-state index in [0.717, 1.165) is 27.2 Å². The molecule has 37 heavy (non-hydrogen) atoms. The van der Waals surface area contributed by atoms with Crippen LogP contribution in [0.15, 0.2) is 85.1 Å². The number of ether oxygens (including phenoxy) is 2. The van der Waals surface area contributed by atoms with E-state index in [4.69, 9.17) is 14.6 Å². The number of carbonyl (C=O) groups excluding carboxylic acids is 1. The lowest BCUT2D eigenvalue weighted by Crippen LogP contribution is -2.15. The first-order valence-corrected chi connectivity index (χ1v) is 11.6. The molecule has 0 atom stereocenters. The first kappa shape index (κ1) is 22.4. The van der Waals surface area contributed by atoms with E-state index in [9.17, 15) is 4.79 Å². The van der Waals surface area contributed by atoms with E-state index in [1.165, 1.54) is 7.11 Å². The number of para-hydroxylation sites is 2. The van der Waals surface area contributed by atoms with E-state index in [1.54, 1.807) is 30.5 Å². The molecule has 8 nitrogen and oxygen atoms in total. The van der Waals surface area contributed by atoms with E-state index in [2.05, 4.69) is 15.3 Å². The molecule has 3 N–H and O–H groups in total. The quantitative estimate of drug-likeness (QED) is 0.309. The molecule has 0 fully saturated rings. The highest BCUT2D eigenvalue weighted by Crippen LogP contribution is 2.37. The van der Waals surface area contributed by atoms with Gasteiger partial charge in [-0.1, -0.05) is 24.3 Å². The second kappa shape index (κ2) is 8.83. The molecule has 0 unspecified atom stereocenters. The first-order chi connectivity index (χ1) is 18.0. The Labute approximate surface area is 211 Å². The maximum Gasteiger partial charge on any atom is 0.299 e. The van der Waals surface area contributed by atoms with Gasteiger partial charge in [-0.15, -0.1) is 0 Å². The summed E-state index contributed by atoms with van der Waals surface area (Å²) in [5.74, 6) is 2.16. The topological polar surface area (TPSA) is 101 Å². The maximum absolute atomic E-state index is 13.2. The number of benzene rings is 4. The van der Waals surface area contributed by atoms with Crippen molar-refractivity contribution in [3.8, 4) is 23.0 Å². The Morgan fingerprint density at radius 1 is 0.919 bits per heavy atom. The number of carbonyl (C=O) groups is 1. The highest BCUT2D eigenvalue weighted by atomic mass is 16.5. The molecule has 6 aromatic rings. The Morgan fingerprint density at radius 3 is 2.62 bits per heavy atom. The molecule has 4 aromatic carbocycles. The number of rotatable bonds is 5. The number of aryl methyl sites for hydroxylation is 1. The molecule has 0 bridgehead atoms. The third kappa shape index (κ3) is 3.94. The van der Waals surface area contributed by atoms with Crippen LogP contribution in [0, 0.1) is 0 Å². The van der Waals surface area contributed by atoms with Crippen molar-refractivity contribution in [3.05, 3.63) is 90.6 Å². The molecule has 0 spiro atoms. The highest BCUT2D eigenvalue weighted by molar-refractivity contribution is 6.13. The number of nitrogens with one attached hydrogen (secondary N) is 1. The van der Waals surface area contributed by atoms with E-state index in [-0.39, 0.29) is 11.7 Å². The molecule has 0 saturated heterocycles. The molecular weight excluding hydrogens is 468 g/mol. The average molecular weight is 492 g/mol. The smallest absolute Gasteiger partial charge is 0.299 e. The summed E-state index contributed by atoms with van der Waals surface area (Å²) in [5.41, 5.74) is 2.95. The largest absolute Gasteiger partial charge is 0.591 e. The highest BCUT2D eigenvalue weighted by Gasteiger charge is 2.16. The molecule has 0 aliphatic carbocycles. The number of aromatic nitrogens is 3. The zero-order chi connectivity index (χ0) is 25.5. The van der Waals surface area contributed by atoms with E-state index < -0.39 is 0 Å².